The molecule has 0 amide bonds. The molecule has 2 aromatic rings. The van der Waals surface area contributed by atoms with Crippen molar-refractivity contribution in [3.8, 4) is 17.0 Å². The van der Waals surface area contributed by atoms with Crippen molar-refractivity contribution in [2.75, 3.05) is 20.2 Å². The number of ether oxygens (including phenoxy) is 1. The Labute approximate surface area is 242 Å². The molecule has 41 heavy (non-hydrogen) atoms. The zero-order valence-electron chi connectivity index (χ0n) is 25.0. The third-order valence-corrected chi connectivity index (χ3v) is 8.46. The van der Waals surface area contributed by atoms with Gasteiger partial charge in [-0.3, -0.25) is 14.4 Å². The molecule has 1 saturated heterocycles. The lowest BCUT2D eigenvalue weighted by Crippen LogP contribution is -2.35. The monoisotopic (exact) mass is 559 g/mol. The van der Waals surface area contributed by atoms with E-state index in [1.54, 1.807) is 19.4 Å². The molecule has 0 bridgehead atoms. The number of aliphatic carboxylic acids is 1. The van der Waals surface area contributed by atoms with E-state index in [1.165, 1.54) is 6.92 Å². The summed E-state index contributed by atoms with van der Waals surface area (Å²) in [7, 11) is 1.64. The average molecular weight is 560 g/mol. The van der Waals surface area contributed by atoms with E-state index >= 15 is 0 Å². The molecule has 8 nitrogen and oxygen atoms in total. The predicted molar refractivity (Wildman–Crippen MR) is 161 cm³/mol. The minimum absolute atomic E-state index is 0.0442. The molecule has 1 N–H and O–H groups in total. The number of carbonyl (C=O) groups excluding carboxylic acids is 1. The van der Waals surface area contributed by atoms with Crippen LogP contribution < -0.4 is 10.2 Å². The normalized spacial score (nSPS) is 17.9. The van der Waals surface area contributed by atoms with Crippen molar-refractivity contribution in [2.45, 2.75) is 72.3 Å². The molecule has 0 saturated carbocycles. The maximum atomic E-state index is 12.9. The molecule has 2 atom stereocenters. The molecule has 2 aliphatic heterocycles. The minimum Gasteiger partial charge on any atom is -0.496 e. The minimum atomic E-state index is -0.747. The number of carboxylic acids is 1. The second-order valence-corrected chi connectivity index (χ2v) is 12.1. The molecule has 0 spiro atoms. The first-order chi connectivity index (χ1) is 19.4. The quantitative estimate of drug-likeness (QED) is 0.247. The first kappa shape index (κ1) is 30.1. The fraction of sp³-hybridized carbons (Fsp3) is 0.485. The van der Waals surface area contributed by atoms with E-state index in [4.69, 9.17) is 9.73 Å². The van der Waals surface area contributed by atoms with Crippen molar-refractivity contribution in [1.82, 2.24) is 9.47 Å². The van der Waals surface area contributed by atoms with Crippen LogP contribution in [-0.4, -0.2) is 52.7 Å². The van der Waals surface area contributed by atoms with Gasteiger partial charge in [-0.15, -0.1) is 0 Å². The van der Waals surface area contributed by atoms with Gasteiger partial charge in [0.25, 0.3) is 0 Å². The number of nitrogens with zero attached hydrogens (tertiary/aromatic N) is 3. The van der Waals surface area contributed by atoms with Crippen LogP contribution in [0.25, 0.3) is 11.3 Å². The standard InChI is InChI=1S/C33H41N3O5/c1-8-21(18-34-31(9-2)35-12-10-22(11-13-35)32(39)40)25-14-23-15-30(33(4,5)6)36-19-26(20(3)37)28(38)17-27(36)24(23)16-29(25)41-7/h14,16-19,21-22,30H,2,8,10-13,15H2,1,3-7H3,(H,39,40). The van der Waals surface area contributed by atoms with Crippen LogP contribution >= 0.6 is 0 Å². The third-order valence-electron chi connectivity index (χ3n) is 8.46. The van der Waals surface area contributed by atoms with Gasteiger partial charge in [-0.1, -0.05) is 46.1 Å². The van der Waals surface area contributed by atoms with Gasteiger partial charge in [-0.2, -0.15) is 0 Å². The highest BCUT2D eigenvalue weighted by molar-refractivity contribution is 5.94. The Kier molecular flexibility index (Phi) is 8.74. The fourth-order valence-corrected chi connectivity index (χ4v) is 5.98. The smallest absolute Gasteiger partial charge is 0.306 e. The summed E-state index contributed by atoms with van der Waals surface area (Å²) in [6, 6.07) is 5.80. The number of ketones is 1. The molecular formula is C33H41N3O5. The highest BCUT2D eigenvalue weighted by Gasteiger charge is 2.34. The number of carbonyl (C=O) groups is 2. The molecule has 218 valence electrons. The molecule has 2 aliphatic rings. The molecule has 0 aliphatic carbocycles. The highest BCUT2D eigenvalue weighted by Crippen LogP contribution is 2.45. The van der Waals surface area contributed by atoms with Crippen molar-refractivity contribution < 1.29 is 19.4 Å². The Morgan fingerprint density at radius 3 is 2.46 bits per heavy atom. The number of rotatable bonds is 8. The number of hydrogen-bond donors (Lipinski definition) is 1. The molecular weight excluding hydrogens is 518 g/mol. The van der Waals surface area contributed by atoms with Crippen LogP contribution in [0.1, 0.15) is 87.3 Å². The number of hydrogen-bond acceptors (Lipinski definition) is 6. The number of Topliss-reactive ketones (excluding diaryl/α,β-unsaturated/α-hetero) is 1. The summed E-state index contributed by atoms with van der Waals surface area (Å²) in [6.45, 7) is 15.1. The van der Waals surface area contributed by atoms with Crippen molar-refractivity contribution >= 4 is 18.0 Å². The summed E-state index contributed by atoms with van der Waals surface area (Å²) in [4.78, 5) is 43.3. The molecule has 1 aromatic heterocycles. The number of pyridine rings is 1. The fourth-order valence-electron chi connectivity index (χ4n) is 5.98. The SMILES string of the molecule is C=C=C(N=CC(CC)c1cc2c(cc1OC)-c1cc(=O)c(C(C)=O)cn1C(C(C)(C)C)C2)N1CCC(C(=O)O)CC1. The van der Waals surface area contributed by atoms with Crippen LogP contribution in [0.5, 0.6) is 5.75 Å². The number of benzene rings is 1. The number of methoxy groups -OCH3 is 1. The van der Waals surface area contributed by atoms with Crippen molar-refractivity contribution in [1.29, 1.82) is 0 Å². The van der Waals surface area contributed by atoms with Gasteiger partial charge < -0.3 is 19.3 Å². The van der Waals surface area contributed by atoms with Crippen LogP contribution in [0.15, 0.2) is 52.3 Å². The number of aromatic nitrogens is 1. The molecule has 0 radical (unpaired) electrons. The van der Waals surface area contributed by atoms with Gasteiger partial charge in [0, 0.05) is 54.7 Å². The highest BCUT2D eigenvalue weighted by atomic mass is 16.5. The summed E-state index contributed by atoms with van der Waals surface area (Å²) < 4.78 is 7.97. The topological polar surface area (TPSA) is 101 Å². The van der Waals surface area contributed by atoms with E-state index in [-0.39, 0.29) is 40.1 Å². The average Bonchev–Trinajstić information content (AvgIpc) is 2.93. The Bertz CT molecular complexity index is 1480. The molecule has 3 heterocycles. The number of aliphatic imine (C=N–C) groups is 1. The Hall–Kier alpha value is -3.90. The van der Waals surface area contributed by atoms with Crippen molar-refractivity contribution in [3.05, 3.63) is 69.4 Å². The van der Waals surface area contributed by atoms with Gasteiger partial charge in [0.1, 0.15) is 5.75 Å². The van der Waals surface area contributed by atoms with E-state index in [1.807, 2.05) is 17.2 Å². The van der Waals surface area contributed by atoms with E-state index < -0.39 is 5.97 Å². The number of carboxylic acid groups (broad SMARTS) is 1. The van der Waals surface area contributed by atoms with Gasteiger partial charge >= 0.3 is 5.97 Å². The lowest BCUT2D eigenvalue weighted by atomic mass is 9.77. The number of fused-ring (bicyclic) bond motifs is 3. The zero-order chi connectivity index (χ0) is 30.1. The Morgan fingerprint density at radius 1 is 1.24 bits per heavy atom. The van der Waals surface area contributed by atoms with E-state index in [9.17, 15) is 19.5 Å². The van der Waals surface area contributed by atoms with E-state index in [2.05, 4.69) is 50.6 Å². The van der Waals surface area contributed by atoms with Crippen LogP contribution in [-0.2, 0) is 11.2 Å². The molecule has 1 aromatic carbocycles. The first-order valence-corrected chi connectivity index (χ1v) is 14.3. The maximum Gasteiger partial charge on any atom is 0.306 e. The molecule has 4 rings (SSSR count). The summed E-state index contributed by atoms with van der Waals surface area (Å²) in [5.74, 6) is -0.0305. The van der Waals surface area contributed by atoms with Crippen LogP contribution in [0.2, 0.25) is 0 Å². The summed E-state index contributed by atoms with van der Waals surface area (Å²) >= 11 is 0. The van der Waals surface area contributed by atoms with E-state index in [0.717, 1.165) is 35.2 Å². The molecule has 8 heteroatoms. The van der Waals surface area contributed by atoms with Crippen molar-refractivity contribution in [2.24, 2.45) is 16.3 Å². The van der Waals surface area contributed by atoms with Crippen LogP contribution in [0, 0.1) is 11.3 Å². The van der Waals surface area contributed by atoms with Crippen molar-refractivity contribution in [3.63, 3.8) is 0 Å². The van der Waals surface area contributed by atoms with Crippen LogP contribution in [0.4, 0.5) is 0 Å². The van der Waals surface area contributed by atoms with Gasteiger partial charge in [0.2, 0.25) is 0 Å². The Balaban J connectivity index is 1.73. The Morgan fingerprint density at radius 2 is 1.93 bits per heavy atom. The summed E-state index contributed by atoms with van der Waals surface area (Å²) in [5, 5.41) is 9.33. The van der Waals surface area contributed by atoms with Gasteiger partial charge in [0.05, 0.1) is 24.3 Å². The number of piperidine rings is 1. The number of likely N-dealkylation sites (tertiary alicyclic amines) is 1. The summed E-state index contributed by atoms with van der Waals surface area (Å²) in [5.41, 5.74) is 6.59. The molecule has 1 fully saturated rings. The van der Waals surface area contributed by atoms with Gasteiger partial charge in [-0.05, 0) is 49.7 Å². The maximum absolute atomic E-state index is 12.9. The van der Waals surface area contributed by atoms with E-state index in [0.29, 0.717) is 37.5 Å². The molecule has 2 unspecified atom stereocenters. The largest absolute Gasteiger partial charge is 0.496 e. The zero-order valence-corrected chi connectivity index (χ0v) is 25.0. The third kappa shape index (κ3) is 6.08. The lowest BCUT2D eigenvalue weighted by molar-refractivity contribution is -0.143. The second-order valence-electron chi connectivity index (χ2n) is 12.1. The van der Waals surface area contributed by atoms with Gasteiger partial charge in [0.15, 0.2) is 17.0 Å². The predicted octanol–water partition coefficient (Wildman–Crippen LogP) is 5.86. The first-order valence-electron chi connectivity index (χ1n) is 14.3. The van der Waals surface area contributed by atoms with Crippen LogP contribution in [0.3, 0.4) is 0 Å². The lowest BCUT2D eigenvalue weighted by Gasteiger charge is -2.39. The summed E-state index contributed by atoms with van der Waals surface area (Å²) in [6.07, 6.45) is 6.29. The second kappa shape index (κ2) is 11.9. The van der Waals surface area contributed by atoms with Gasteiger partial charge in [-0.25, -0.2) is 4.99 Å².